The van der Waals surface area contributed by atoms with Crippen LogP contribution in [-0.4, -0.2) is 17.8 Å². The lowest BCUT2D eigenvalue weighted by Crippen LogP contribution is -2.32. The van der Waals surface area contributed by atoms with Gasteiger partial charge in [-0.3, -0.25) is 4.79 Å². The zero-order valence-corrected chi connectivity index (χ0v) is 19.5. The predicted octanol–water partition coefficient (Wildman–Crippen LogP) is 5.69. The number of anilines is 4. The van der Waals surface area contributed by atoms with E-state index in [4.69, 9.17) is 16.3 Å². The van der Waals surface area contributed by atoms with Crippen molar-refractivity contribution in [3.63, 3.8) is 0 Å². The molecular formula is C25H20ClF2N5O2. The van der Waals surface area contributed by atoms with E-state index in [2.05, 4.69) is 21.3 Å². The summed E-state index contributed by atoms with van der Waals surface area (Å²) >= 11 is 6.15. The minimum Gasteiger partial charge on any atom is -0.486 e. The van der Waals surface area contributed by atoms with Crippen LogP contribution in [0.15, 0.2) is 42.5 Å². The van der Waals surface area contributed by atoms with Gasteiger partial charge < -0.3 is 26.0 Å². The Hall–Kier alpha value is -4.03. The molecule has 1 atom stereocenters. The maximum atomic E-state index is 14.3. The Morgan fingerprint density at radius 2 is 2.03 bits per heavy atom. The van der Waals surface area contributed by atoms with Crippen molar-refractivity contribution in [2.75, 3.05) is 21.3 Å². The van der Waals surface area contributed by atoms with Gasteiger partial charge in [0.15, 0.2) is 6.29 Å². The third kappa shape index (κ3) is 4.17. The maximum absolute atomic E-state index is 14.3. The van der Waals surface area contributed by atoms with Crippen molar-refractivity contribution in [2.24, 2.45) is 0 Å². The van der Waals surface area contributed by atoms with Gasteiger partial charge in [0.1, 0.15) is 29.1 Å². The number of hydrogen-bond acceptors (Lipinski definition) is 6. The van der Waals surface area contributed by atoms with Gasteiger partial charge in [0.2, 0.25) is 0 Å². The van der Waals surface area contributed by atoms with Crippen LogP contribution in [0.3, 0.4) is 0 Å². The van der Waals surface area contributed by atoms with E-state index in [0.29, 0.717) is 17.9 Å². The number of para-hydroxylation sites is 1. The molecule has 178 valence electrons. The van der Waals surface area contributed by atoms with E-state index in [-0.39, 0.29) is 27.5 Å². The van der Waals surface area contributed by atoms with Gasteiger partial charge >= 0.3 is 0 Å². The van der Waals surface area contributed by atoms with Crippen LogP contribution in [0.2, 0.25) is 5.02 Å². The van der Waals surface area contributed by atoms with Crippen molar-refractivity contribution in [2.45, 2.75) is 32.2 Å². The molecule has 4 N–H and O–H groups in total. The lowest BCUT2D eigenvalue weighted by atomic mass is 9.97. The molecule has 0 aromatic heterocycles. The molecule has 7 nitrogen and oxygen atoms in total. The average molecular weight is 496 g/mol. The van der Waals surface area contributed by atoms with E-state index in [1.54, 1.807) is 12.1 Å². The molecule has 10 heteroatoms. The quantitative estimate of drug-likeness (QED) is 0.371. The molecule has 0 aliphatic carbocycles. The Kier molecular flexibility index (Phi) is 5.41. The minimum atomic E-state index is -0.604. The zero-order chi connectivity index (χ0) is 24.9. The number of ether oxygens (including phenoxy) is 1. The summed E-state index contributed by atoms with van der Waals surface area (Å²) in [5.74, 6) is -1.18. The Morgan fingerprint density at radius 1 is 1.23 bits per heavy atom. The highest BCUT2D eigenvalue weighted by Gasteiger charge is 2.39. The molecular weight excluding hydrogens is 476 g/mol. The Morgan fingerprint density at radius 3 is 2.77 bits per heavy atom. The van der Waals surface area contributed by atoms with Crippen molar-refractivity contribution in [3.8, 4) is 11.8 Å². The molecule has 3 aromatic carbocycles. The molecule has 2 aliphatic rings. The third-order valence-electron chi connectivity index (χ3n) is 5.79. The molecule has 0 bridgehead atoms. The van der Waals surface area contributed by atoms with Crippen LogP contribution in [0.25, 0.3) is 0 Å². The van der Waals surface area contributed by atoms with Gasteiger partial charge in [-0.05, 0) is 50.2 Å². The fourth-order valence-corrected chi connectivity index (χ4v) is 4.50. The van der Waals surface area contributed by atoms with Crippen LogP contribution < -0.4 is 26.0 Å². The van der Waals surface area contributed by atoms with E-state index in [1.807, 2.05) is 19.9 Å². The van der Waals surface area contributed by atoms with Gasteiger partial charge in [-0.2, -0.15) is 5.26 Å². The lowest BCUT2D eigenvalue weighted by Gasteiger charge is -2.18. The monoisotopic (exact) mass is 495 g/mol. The van der Waals surface area contributed by atoms with Crippen molar-refractivity contribution in [1.82, 2.24) is 0 Å². The topological polar surface area (TPSA) is 98.2 Å². The number of hydrogen-bond donors (Lipinski definition) is 4. The highest BCUT2D eigenvalue weighted by atomic mass is 35.5. The van der Waals surface area contributed by atoms with Gasteiger partial charge in [-0.15, -0.1) is 0 Å². The van der Waals surface area contributed by atoms with Crippen LogP contribution in [0.4, 0.5) is 31.5 Å². The molecule has 0 spiro atoms. The standard InChI is InChI=1S/C25H20ClF2N5O2/c1-25(2)10-15-20-19(31-24(32-20)33-21-16(26)4-3-5-17(21)28)9-14(22(15)35-25)23(34)30-18-7-6-13(27)8-12(18)11-29/h3-9,24,31-33H,10H2,1-2H3,(H,30,34). The SMILES string of the molecule is CC1(C)Cc2c3c(cc(C(=O)Nc4ccc(F)cc4C#N)c2O1)NC(Nc1c(F)cccc1Cl)N3. The van der Waals surface area contributed by atoms with Crippen LogP contribution in [0, 0.1) is 23.0 Å². The molecule has 1 amide bonds. The number of carbonyl (C=O) groups excluding carboxylic acids is 1. The summed E-state index contributed by atoms with van der Waals surface area (Å²) in [6.45, 7) is 3.82. The molecule has 0 radical (unpaired) electrons. The molecule has 35 heavy (non-hydrogen) atoms. The van der Waals surface area contributed by atoms with E-state index >= 15 is 0 Å². The maximum Gasteiger partial charge on any atom is 0.259 e. The van der Waals surface area contributed by atoms with Gasteiger partial charge in [-0.25, -0.2) is 8.78 Å². The number of halogens is 3. The first-order valence-electron chi connectivity index (χ1n) is 10.8. The number of nitrogens with zero attached hydrogens (tertiary/aromatic N) is 1. The molecule has 2 aliphatic heterocycles. The van der Waals surface area contributed by atoms with Crippen molar-refractivity contribution < 1.29 is 18.3 Å². The van der Waals surface area contributed by atoms with Crippen LogP contribution in [0.1, 0.15) is 35.3 Å². The first-order chi connectivity index (χ1) is 16.6. The predicted molar refractivity (Wildman–Crippen MR) is 130 cm³/mol. The van der Waals surface area contributed by atoms with Crippen molar-refractivity contribution >= 4 is 40.3 Å². The van der Waals surface area contributed by atoms with E-state index < -0.39 is 29.4 Å². The number of carbonyl (C=O) groups is 1. The fourth-order valence-electron chi connectivity index (χ4n) is 4.29. The smallest absolute Gasteiger partial charge is 0.259 e. The minimum absolute atomic E-state index is 0.00299. The van der Waals surface area contributed by atoms with Gasteiger partial charge in [0, 0.05) is 12.0 Å². The second-order valence-corrected chi connectivity index (χ2v) is 9.32. The first-order valence-corrected chi connectivity index (χ1v) is 11.2. The number of nitrogens with one attached hydrogen (secondary N) is 4. The van der Waals surface area contributed by atoms with Crippen LogP contribution in [0.5, 0.6) is 5.75 Å². The Balaban J connectivity index is 1.48. The van der Waals surface area contributed by atoms with E-state index in [9.17, 15) is 18.8 Å². The summed E-state index contributed by atoms with van der Waals surface area (Å²) in [6.07, 6.45) is -0.0824. The first kappa shape index (κ1) is 22.7. The average Bonchev–Trinajstić information content (AvgIpc) is 3.35. The number of nitriles is 1. The largest absolute Gasteiger partial charge is 0.486 e. The second kappa shape index (κ2) is 8.32. The van der Waals surface area contributed by atoms with Crippen molar-refractivity contribution in [1.29, 1.82) is 5.26 Å². The summed E-state index contributed by atoms with van der Waals surface area (Å²) in [5.41, 5.74) is 2.13. The summed E-state index contributed by atoms with van der Waals surface area (Å²) in [5, 5.41) is 21.7. The normalized spacial score (nSPS) is 16.7. The van der Waals surface area contributed by atoms with Crippen molar-refractivity contribution in [3.05, 3.63) is 75.8 Å². The molecule has 0 fully saturated rings. The van der Waals surface area contributed by atoms with Crippen LogP contribution in [-0.2, 0) is 6.42 Å². The molecule has 1 unspecified atom stereocenters. The Labute approximate surface area is 205 Å². The fraction of sp³-hybridized carbons (Fsp3) is 0.200. The number of amides is 1. The number of benzene rings is 3. The molecule has 0 saturated heterocycles. The number of rotatable bonds is 4. The summed E-state index contributed by atoms with van der Waals surface area (Å²) in [6, 6.07) is 11.5. The third-order valence-corrected chi connectivity index (χ3v) is 6.11. The Bertz CT molecular complexity index is 1400. The number of fused-ring (bicyclic) bond motifs is 3. The van der Waals surface area contributed by atoms with Gasteiger partial charge in [0.25, 0.3) is 5.91 Å². The molecule has 0 saturated carbocycles. The van der Waals surface area contributed by atoms with E-state index in [1.165, 1.54) is 24.3 Å². The highest BCUT2D eigenvalue weighted by molar-refractivity contribution is 6.33. The lowest BCUT2D eigenvalue weighted by molar-refractivity contribution is 0.101. The zero-order valence-electron chi connectivity index (χ0n) is 18.7. The molecule has 5 rings (SSSR count). The van der Waals surface area contributed by atoms with Gasteiger partial charge in [-0.1, -0.05) is 17.7 Å². The van der Waals surface area contributed by atoms with E-state index in [0.717, 1.165) is 17.3 Å². The molecule has 3 aromatic rings. The second-order valence-electron chi connectivity index (χ2n) is 8.91. The van der Waals surface area contributed by atoms with Gasteiger partial charge in [0.05, 0.1) is 38.9 Å². The van der Waals surface area contributed by atoms with Crippen LogP contribution >= 0.6 is 11.6 Å². The summed E-state index contributed by atoms with van der Waals surface area (Å²) < 4.78 is 33.9. The summed E-state index contributed by atoms with van der Waals surface area (Å²) in [7, 11) is 0. The molecule has 2 heterocycles. The summed E-state index contributed by atoms with van der Waals surface area (Å²) in [4.78, 5) is 13.3. The highest BCUT2D eigenvalue weighted by Crippen LogP contribution is 2.48.